The number of nitrogens with one attached hydrogen (secondary N) is 1. The third-order valence-corrected chi connectivity index (χ3v) is 6.51. The number of hydrogen-bond acceptors (Lipinski definition) is 2. The van der Waals surface area contributed by atoms with Crippen molar-refractivity contribution in [3.63, 3.8) is 0 Å². The Morgan fingerprint density at radius 1 is 1.08 bits per heavy atom. The van der Waals surface area contributed by atoms with E-state index in [0.717, 1.165) is 25.3 Å². The lowest BCUT2D eigenvalue weighted by molar-refractivity contribution is -0.127. The number of likely N-dealkylation sites (N-methyl/N-ethyl adjacent to an activating group) is 1. The van der Waals surface area contributed by atoms with Crippen LogP contribution in [-0.2, 0) is 4.79 Å². The summed E-state index contributed by atoms with van der Waals surface area (Å²) < 4.78 is 0. The Bertz CT molecular complexity index is 359. The molecule has 0 saturated heterocycles. The van der Waals surface area contributed by atoms with Crippen LogP contribution in [0.3, 0.4) is 0 Å². The van der Waals surface area contributed by atoms with Crippen LogP contribution in [0.2, 0.25) is 0 Å². The minimum absolute atomic E-state index is 0. The maximum Gasteiger partial charge on any atom is 0.223 e. The van der Waals surface area contributed by atoms with E-state index < -0.39 is 0 Å². The Hall–Kier alpha value is -0.280. The van der Waals surface area contributed by atoms with Gasteiger partial charge in [0.2, 0.25) is 5.91 Å². The lowest BCUT2D eigenvalue weighted by atomic mass is 9.78. The number of unbranched alkanes of at least 4 members (excludes halogenated alkanes) is 1. The number of rotatable bonds is 7. The maximum absolute atomic E-state index is 12.6. The first-order valence-corrected chi connectivity index (χ1v) is 10.0. The summed E-state index contributed by atoms with van der Waals surface area (Å²) in [6.45, 7) is 3.11. The predicted octanol–water partition coefficient (Wildman–Crippen LogP) is 4.79. The Kier molecular flexibility index (Phi) is 9.66. The van der Waals surface area contributed by atoms with Gasteiger partial charge in [0.1, 0.15) is 0 Å². The molecule has 2 saturated carbocycles. The molecule has 2 fully saturated rings. The van der Waals surface area contributed by atoms with Gasteiger partial charge in [-0.25, -0.2) is 0 Å². The van der Waals surface area contributed by atoms with Crippen molar-refractivity contribution in [2.24, 2.45) is 11.8 Å². The highest BCUT2D eigenvalue weighted by Crippen LogP contribution is 2.33. The summed E-state index contributed by atoms with van der Waals surface area (Å²) in [7, 11) is 4.35. The Labute approximate surface area is 155 Å². The second-order valence-electron chi connectivity index (χ2n) is 8.26. The number of hydrogen-bond donors (Lipinski definition) is 1. The fraction of sp³-hybridized carbons (Fsp3) is 0.950. The first kappa shape index (κ1) is 21.8. The largest absolute Gasteiger partial charge is 0.354 e. The molecule has 3 nitrogen and oxygen atoms in total. The molecule has 0 heterocycles. The van der Waals surface area contributed by atoms with Gasteiger partial charge in [-0.1, -0.05) is 45.4 Å². The van der Waals surface area contributed by atoms with Crippen molar-refractivity contribution in [2.75, 3.05) is 20.6 Å². The number of halogens is 1. The van der Waals surface area contributed by atoms with E-state index in [2.05, 4.69) is 31.2 Å². The van der Waals surface area contributed by atoms with Crippen LogP contribution in [0.4, 0.5) is 0 Å². The molecule has 1 N–H and O–H groups in total. The van der Waals surface area contributed by atoms with Gasteiger partial charge in [-0.2, -0.15) is 0 Å². The molecule has 0 unspecified atom stereocenters. The van der Waals surface area contributed by atoms with Gasteiger partial charge >= 0.3 is 0 Å². The highest BCUT2D eigenvalue weighted by Gasteiger charge is 2.35. The first-order valence-electron chi connectivity index (χ1n) is 10.0. The number of carbonyl (C=O) groups is 1. The Morgan fingerprint density at radius 3 is 2.25 bits per heavy atom. The van der Waals surface area contributed by atoms with E-state index in [1.54, 1.807) is 0 Å². The van der Waals surface area contributed by atoms with Crippen molar-refractivity contribution in [2.45, 2.75) is 89.5 Å². The van der Waals surface area contributed by atoms with Crippen molar-refractivity contribution in [1.82, 2.24) is 10.2 Å². The van der Waals surface area contributed by atoms with Gasteiger partial charge in [-0.3, -0.25) is 4.79 Å². The van der Waals surface area contributed by atoms with Crippen molar-refractivity contribution in [1.29, 1.82) is 0 Å². The third kappa shape index (κ3) is 5.91. The molecule has 0 aliphatic heterocycles. The van der Waals surface area contributed by atoms with Gasteiger partial charge in [0.25, 0.3) is 0 Å². The zero-order valence-corrected chi connectivity index (χ0v) is 16.9. The smallest absolute Gasteiger partial charge is 0.223 e. The van der Waals surface area contributed by atoms with Crippen LogP contribution in [0.25, 0.3) is 0 Å². The minimum atomic E-state index is 0. The average molecular weight is 359 g/mol. The summed E-state index contributed by atoms with van der Waals surface area (Å²) >= 11 is 0. The van der Waals surface area contributed by atoms with Crippen molar-refractivity contribution in [3.05, 3.63) is 0 Å². The lowest BCUT2D eigenvalue weighted by Crippen LogP contribution is -2.54. The molecule has 142 valence electrons. The molecule has 4 heteroatoms. The van der Waals surface area contributed by atoms with E-state index in [1.165, 1.54) is 64.2 Å². The molecule has 0 radical (unpaired) electrons. The summed E-state index contributed by atoms with van der Waals surface area (Å²) in [5.41, 5.74) is 0.201. The molecule has 0 aromatic heterocycles. The van der Waals surface area contributed by atoms with Crippen LogP contribution >= 0.6 is 12.4 Å². The van der Waals surface area contributed by atoms with E-state index in [-0.39, 0.29) is 23.9 Å². The molecule has 0 atom stereocenters. The van der Waals surface area contributed by atoms with Gasteiger partial charge in [-0.15, -0.1) is 12.4 Å². The van der Waals surface area contributed by atoms with Crippen molar-refractivity contribution < 1.29 is 4.79 Å². The number of amides is 1. The highest BCUT2D eigenvalue weighted by atomic mass is 35.5. The fourth-order valence-electron chi connectivity index (χ4n) is 4.59. The topological polar surface area (TPSA) is 32.3 Å². The summed E-state index contributed by atoms with van der Waals surface area (Å²) in [6, 6.07) is 0. The van der Waals surface area contributed by atoms with Crippen LogP contribution in [0, 0.1) is 11.8 Å². The molecule has 24 heavy (non-hydrogen) atoms. The highest BCUT2D eigenvalue weighted by molar-refractivity contribution is 5.85. The van der Waals surface area contributed by atoms with Crippen LogP contribution in [0.1, 0.15) is 84.0 Å². The van der Waals surface area contributed by atoms with E-state index >= 15 is 0 Å². The van der Waals surface area contributed by atoms with Crippen molar-refractivity contribution in [3.8, 4) is 0 Å². The zero-order chi connectivity index (χ0) is 16.7. The molecular weight excluding hydrogens is 320 g/mol. The Morgan fingerprint density at radius 2 is 1.71 bits per heavy atom. The predicted molar refractivity (Wildman–Crippen MR) is 105 cm³/mol. The van der Waals surface area contributed by atoms with E-state index in [1.807, 2.05) is 0 Å². The molecule has 2 aliphatic carbocycles. The maximum atomic E-state index is 12.6. The molecule has 2 aliphatic rings. The minimum Gasteiger partial charge on any atom is -0.354 e. The standard InChI is InChI=1S/C20H38N2O.ClH/c1-4-5-9-17-10-12-18(13-11-17)19(23)21-16-20(22(2)3)14-7-6-8-15-20;/h17-18H,4-16H2,1-3H3,(H,21,23);1H. The van der Waals surface area contributed by atoms with Gasteiger partial charge in [-0.05, 0) is 58.5 Å². The summed E-state index contributed by atoms with van der Waals surface area (Å²) in [5.74, 6) is 1.48. The monoisotopic (exact) mass is 358 g/mol. The van der Waals surface area contributed by atoms with E-state index in [9.17, 15) is 4.79 Å². The van der Waals surface area contributed by atoms with Gasteiger partial charge in [0.15, 0.2) is 0 Å². The Balaban J connectivity index is 0.00000288. The van der Waals surface area contributed by atoms with Gasteiger partial charge in [0.05, 0.1) is 0 Å². The first-order chi connectivity index (χ1) is 11.1. The summed E-state index contributed by atoms with van der Waals surface area (Å²) in [6.07, 6.45) is 15.2. The molecule has 2 rings (SSSR count). The van der Waals surface area contributed by atoms with E-state index in [0.29, 0.717) is 5.91 Å². The fourth-order valence-corrected chi connectivity index (χ4v) is 4.59. The molecule has 1 amide bonds. The third-order valence-electron chi connectivity index (χ3n) is 6.51. The molecule has 0 bridgehead atoms. The number of nitrogens with zero attached hydrogens (tertiary/aromatic N) is 1. The zero-order valence-electron chi connectivity index (χ0n) is 16.1. The van der Waals surface area contributed by atoms with Crippen LogP contribution in [0.15, 0.2) is 0 Å². The quantitative estimate of drug-likeness (QED) is 0.709. The summed E-state index contributed by atoms with van der Waals surface area (Å²) in [4.78, 5) is 15.0. The van der Waals surface area contributed by atoms with Crippen LogP contribution in [0.5, 0.6) is 0 Å². The molecule has 0 spiro atoms. The molecular formula is C20H39ClN2O. The van der Waals surface area contributed by atoms with Gasteiger partial charge < -0.3 is 10.2 Å². The SMILES string of the molecule is CCCCC1CCC(C(=O)NCC2(N(C)C)CCCCC2)CC1.Cl. The van der Waals surface area contributed by atoms with Gasteiger partial charge in [0, 0.05) is 18.0 Å². The second kappa shape index (κ2) is 10.7. The average Bonchev–Trinajstić information content (AvgIpc) is 2.59. The number of carbonyl (C=O) groups excluding carboxylic acids is 1. The molecule has 0 aromatic carbocycles. The second-order valence-corrected chi connectivity index (χ2v) is 8.26. The summed E-state index contributed by atoms with van der Waals surface area (Å²) in [5, 5.41) is 3.32. The normalized spacial score (nSPS) is 26.7. The lowest BCUT2D eigenvalue weighted by Gasteiger charge is -2.43. The molecule has 0 aromatic rings. The van der Waals surface area contributed by atoms with Crippen LogP contribution < -0.4 is 5.32 Å². The van der Waals surface area contributed by atoms with Crippen LogP contribution in [-0.4, -0.2) is 37.0 Å². The van der Waals surface area contributed by atoms with Crippen molar-refractivity contribution >= 4 is 18.3 Å². The van der Waals surface area contributed by atoms with E-state index in [4.69, 9.17) is 0 Å².